The number of hydrogen-bond acceptors (Lipinski definition) is 3. The Bertz CT molecular complexity index is 279. The van der Waals surface area contributed by atoms with Crippen molar-refractivity contribution in [2.45, 2.75) is 26.2 Å². The molecule has 0 aliphatic rings. The number of rotatable bonds is 4. The lowest BCUT2D eigenvalue weighted by atomic mass is 10.1. The third kappa shape index (κ3) is 2.86. The van der Waals surface area contributed by atoms with Gasteiger partial charge in [-0.15, -0.1) is 0 Å². The minimum absolute atomic E-state index is 0.0989. The number of hydrogen-bond donors (Lipinski definition) is 1. The van der Waals surface area contributed by atoms with Crippen molar-refractivity contribution < 1.29 is 4.79 Å². The molecule has 1 heterocycles. The number of unbranched alkanes of at least 4 members (excludes halogenated alkanes) is 1. The van der Waals surface area contributed by atoms with Gasteiger partial charge in [0.05, 0.1) is 11.9 Å². The molecule has 1 rings (SSSR count). The average Bonchev–Trinajstić information content (AvgIpc) is 2.15. The Balaban J connectivity index is 2.61. The number of pyridine rings is 1. The second-order valence-electron chi connectivity index (χ2n) is 3.00. The van der Waals surface area contributed by atoms with Crippen LogP contribution >= 0.6 is 0 Å². The van der Waals surface area contributed by atoms with Crippen LogP contribution in [-0.4, -0.2) is 10.8 Å². The normalized spacial score (nSPS) is 9.92. The zero-order valence-electron chi connectivity index (χ0n) is 7.79. The van der Waals surface area contributed by atoms with E-state index in [0.29, 0.717) is 17.8 Å². The molecule has 13 heavy (non-hydrogen) atoms. The van der Waals surface area contributed by atoms with Crippen LogP contribution < -0.4 is 5.73 Å². The molecule has 2 N–H and O–H groups in total. The molecule has 3 nitrogen and oxygen atoms in total. The summed E-state index contributed by atoms with van der Waals surface area (Å²) in [7, 11) is 0. The number of carbonyl (C=O) groups excluding carboxylic acids is 1. The van der Waals surface area contributed by atoms with Crippen LogP contribution in [0.2, 0.25) is 0 Å². The molecule has 0 amide bonds. The van der Waals surface area contributed by atoms with E-state index < -0.39 is 0 Å². The predicted octanol–water partition coefficient (Wildman–Crippen LogP) is 2.04. The van der Waals surface area contributed by atoms with Crippen molar-refractivity contribution in [3.63, 3.8) is 0 Å². The minimum Gasteiger partial charge on any atom is -0.397 e. The van der Waals surface area contributed by atoms with Crippen LogP contribution in [-0.2, 0) is 0 Å². The van der Waals surface area contributed by atoms with Crippen molar-refractivity contribution in [3.05, 3.63) is 24.0 Å². The van der Waals surface area contributed by atoms with Crippen molar-refractivity contribution in [2.24, 2.45) is 0 Å². The van der Waals surface area contributed by atoms with Gasteiger partial charge < -0.3 is 5.73 Å². The number of carbonyl (C=O) groups is 1. The number of anilines is 1. The molecule has 0 saturated carbocycles. The average molecular weight is 178 g/mol. The van der Waals surface area contributed by atoms with Gasteiger partial charge in [-0.25, -0.2) is 0 Å². The van der Waals surface area contributed by atoms with Crippen molar-refractivity contribution in [1.29, 1.82) is 0 Å². The summed E-state index contributed by atoms with van der Waals surface area (Å²) in [5.74, 6) is 0.0989. The van der Waals surface area contributed by atoms with E-state index >= 15 is 0 Å². The van der Waals surface area contributed by atoms with E-state index in [1.165, 1.54) is 6.20 Å². The Kier molecular flexibility index (Phi) is 3.43. The zero-order valence-corrected chi connectivity index (χ0v) is 7.79. The summed E-state index contributed by atoms with van der Waals surface area (Å²) >= 11 is 0. The number of nitrogens with zero attached hydrogens (tertiary/aromatic N) is 1. The summed E-state index contributed by atoms with van der Waals surface area (Å²) in [6, 6.07) is 3.37. The Hall–Kier alpha value is -1.38. The molecule has 0 aliphatic carbocycles. The van der Waals surface area contributed by atoms with E-state index in [1.54, 1.807) is 12.1 Å². The van der Waals surface area contributed by atoms with Gasteiger partial charge in [0, 0.05) is 6.42 Å². The van der Waals surface area contributed by atoms with Gasteiger partial charge >= 0.3 is 0 Å². The summed E-state index contributed by atoms with van der Waals surface area (Å²) < 4.78 is 0. The highest BCUT2D eigenvalue weighted by Gasteiger charge is 2.05. The van der Waals surface area contributed by atoms with Crippen LogP contribution in [0.3, 0.4) is 0 Å². The number of nitrogens with two attached hydrogens (primary N) is 1. The van der Waals surface area contributed by atoms with Crippen molar-refractivity contribution in [2.75, 3.05) is 5.73 Å². The van der Waals surface area contributed by atoms with Gasteiger partial charge in [-0.05, 0) is 18.6 Å². The third-order valence-electron chi connectivity index (χ3n) is 1.83. The van der Waals surface area contributed by atoms with E-state index in [2.05, 4.69) is 11.9 Å². The maximum atomic E-state index is 11.4. The predicted molar refractivity (Wildman–Crippen MR) is 52.5 cm³/mol. The molecule has 0 fully saturated rings. The van der Waals surface area contributed by atoms with E-state index in [-0.39, 0.29) is 5.78 Å². The van der Waals surface area contributed by atoms with Crippen molar-refractivity contribution in [1.82, 2.24) is 4.98 Å². The van der Waals surface area contributed by atoms with Gasteiger partial charge in [0.15, 0.2) is 5.78 Å². The first kappa shape index (κ1) is 9.71. The molecule has 0 aliphatic heterocycles. The fraction of sp³-hybridized carbons (Fsp3) is 0.400. The highest BCUT2D eigenvalue weighted by Crippen LogP contribution is 2.06. The Morgan fingerprint density at radius 3 is 2.85 bits per heavy atom. The Labute approximate surface area is 78.0 Å². The number of nitrogen functional groups attached to an aromatic ring is 1. The first-order valence-corrected chi connectivity index (χ1v) is 4.48. The molecule has 70 valence electrons. The first-order chi connectivity index (χ1) is 6.24. The second-order valence-corrected chi connectivity index (χ2v) is 3.00. The Morgan fingerprint density at radius 1 is 1.54 bits per heavy atom. The summed E-state index contributed by atoms with van der Waals surface area (Å²) in [5.41, 5.74) is 6.56. The third-order valence-corrected chi connectivity index (χ3v) is 1.83. The molecular weight excluding hydrogens is 164 g/mol. The number of aromatic nitrogens is 1. The lowest BCUT2D eigenvalue weighted by Crippen LogP contribution is -2.02. The lowest BCUT2D eigenvalue weighted by Gasteiger charge is -1.98. The SMILES string of the molecule is CCCCC(=O)c1ccc(N)cn1. The standard InChI is InChI=1S/C10H14N2O/c1-2-3-4-10(13)9-6-5-8(11)7-12-9/h5-7H,2-4,11H2,1H3. The van der Waals surface area contributed by atoms with Crippen LogP contribution in [0.15, 0.2) is 18.3 Å². The van der Waals surface area contributed by atoms with Crippen LogP contribution in [0.5, 0.6) is 0 Å². The largest absolute Gasteiger partial charge is 0.397 e. The van der Waals surface area contributed by atoms with E-state index in [9.17, 15) is 4.79 Å². The molecule has 0 aromatic carbocycles. The van der Waals surface area contributed by atoms with Gasteiger partial charge in [-0.3, -0.25) is 9.78 Å². The zero-order chi connectivity index (χ0) is 9.68. The highest BCUT2D eigenvalue weighted by atomic mass is 16.1. The smallest absolute Gasteiger partial charge is 0.181 e. The van der Waals surface area contributed by atoms with Gasteiger partial charge in [0.25, 0.3) is 0 Å². The number of Topliss-reactive ketones (excluding diaryl/α,β-unsaturated/α-hetero) is 1. The summed E-state index contributed by atoms with van der Waals surface area (Å²) in [5, 5.41) is 0. The summed E-state index contributed by atoms with van der Waals surface area (Å²) in [4.78, 5) is 15.4. The summed E-state index contributed by atoms with van der Waals surface area (Å²) in [6.45, 7) is 2.06. The fourth-order valence-corrected chi connectivity index (χ4v) is 1.04. The molecular formula is C10H14N2O. The molecule has 1 aromatic rings. The van der Waals surface area contributed by atoms with Crippen LogP contribution in [0.4, 0.5) is 5.69 Å². The van der Waals surface area contributed by atoms with Crippen molar-refractivity contribution in [3.8, 4) is 0 Å². The second kappa shape index (κ2) is 4.60. The fourth-order valence-electron chi connectivity index (χ4n) is 1.04. The monoisotopic (exact) mass is 178 g/mol. The van der Waals surface area contributed by atoms with Gasteiger partial charge in [-0.1, -0.05) is 13.3 Å². The molecule has 0 spiro atoms. The summed E-state index contributed by atoms with van der Waals surface area (Å²) in [6.07, 6.45) is 4.04. The van der Waals surface area contributed by atoms with E-state index in [0.717, 1.165) is 12.8 Å². The number of ketones is 1. The molecule has 0 radical (unpaired) electrons. The van der Waals surface area contributed by atoms with Crippen LogP contribution in [0.25, 0.3) is 0 Å². The minimum atomic E-state index is 0.0989. The molecule has 0 atom stereocenters. The highest BCUT2D eigenvalue weighted by molar-refractivity contribution is 5.94. The topological polar surface area (TPSA) is 56.0 Å². The van der Waals surface area contributed by atoms with E-state index in [4.69, 9.17) is 5.73 Å². The van der Waals surface area contributed by atoms with Crippen LogP contribution in [0, 0.1) is 0 Å². The lowest BCUT2D eigenvalue weighted by molar-refractivity contribution is 0.0975. The maximum absolute atomic E-state index is 11.4. The molecule has 0 saturated heterocycles. The maximum Gasteiger partial charge on any atom is 0.181 e. The quantitative estimate of drug-likeness (QED) is 0.718. The Morgan fingerprint density at radius 2 is 2.31 bits per heavy atom. The molecule has 0 unspecified atom stereocenters. The van der Waals surface area contributed by atoms with Crippen LogP contribution in [0.1, 0.15) is 36.7 Å². The van der Waals surface area contributed by atoms with Crippen molar-refractivity contribution >= 4 is 11.5 Å². The van der Waals surface area contributed by atoms with Gasteiger partial charge in [0.1, 0.15) is 5.69 Å². The molecule has 0 bridgehead atoms. The van der Waals surface area contributed by atoms with Gasteiger partial charge in [-0.2, -0.15) is 0 Å². The molecule has 3 heteroatoms. The molecule has 1 aromatic heterocycles. The van der Waals surface area contributed by atoms with E-state index in [1.807, 2.05) is 0 Å². The van der Waals surface area contributed by atoms with Gasteiger partial charge in [0.2, 0.25) is 0 Å². The first-order valence-electron chi connectivity index (χ1n) is 4.48.